The van der Waals surface area contributed by atoms with E-state index in [-0.39, 0.29) is 0 Å². The predicted octanol–water partition coefficient (Wildman–Crippen LogP) is 2.33. The maximum atomic E-state index is 11.4. The molecule has 0 bridgehead atoms. The molecule has 126 valence electrons. The van der Waals surface area contributed by atoms with E-state index in [1.807, 2.05) is 0 Å². The SMILES string of the molecule is COc1cc(/C=C/C(=O)NCC(=O)O)ccc1OCCC(C)C. The van der Waals surface area contributed by atoms with Gasteiger partial charge in [-0.2, -0.15) is 0 Å². The molecule has 1 rings (SSSR count). The number of hydrogen-bond acceptors (Lipinski definition) is 4. The summed E-state index contributed by atoms with van der Waals surface area (Å²) in [6, 6.07) is 5.34. The molecule has 1 aromatic rings. The van der Waals surface area contributed by atoms with Crippen LogP contribution in [0.1, 0.15) is 25.8 Å². The molecule has 0 aliphatic carbocycles. The summed E-state index contributed by atoms with van der Waals surface area (Å²) < 4.78 is 11.0. The van der Waals surface area contributed by atoms with Gasteiger partial charge in [0.05, 0.1) is 13.7 Å². The fourth-order valence-electron chi connectivity index (χ4n) is 1.71. The summed E-state index contributed by atoms with van der Waals surface area (Å²) in [5.74, 6) is 0.245. The van der Waals surface area contributed by atoms with Gasteiger partial charge in [-0.05, 0) is 36.1 Å². The fraction of sp³-hybridized carbons (Fsp3) is 0.412. The Morgan fingerprint density at radius 1 is 1.30 bits per heavy atom. The molecule has 0 aliphatic heterocycles. The quantitative estimate of drug-likeness (QED) is 0.682. The molecule has 0 saturated carbocycles. The molecule has 0 atom stereocenters. The van der Waals surface area contributed by atoms with Crippen LogP contribution in [0.25, 0.3) is 6.08 Å². The predicted molar refractivity (Wildman–Crippen MR) is 87.6 cm³/mol. The molecular formula is C17H23NO5. The van der Waals surface area contributed by atoms with Crippen LogP contribution < -0.4 is 14.8 Å². The number of benzene rings is 1. The number of carbonyl (C=O) groups is 2. The van der Waals surface area contributed by atoms with Crippen molar-refractivity contribution in [3.05, 3.63) is 29.8 Å². The molecule has 6 nitrogen and oxygen atoms in total. The Bertz CT molecular complexity index is 566. The number of nitrogens with one attached hydrogen (secondary N) is 1. The van der Waals surface area contributed by atoms with Crippen molar-refractivity contribution >= 4 is 18.0 Å². The van der Waals surface area contributed by atoms with Crippen molar-refractivity contribution < 1.29 is 24.2 Å². The second-order valence-corrected chi connectivity index (χ2v) is 5.39. The average Bonchev–Trinajstić information content (AvgIpc) is 2.51. The molecular weight excluding hydrogens is 298 g/mol. The largest absolute Gasteiger partial charge is 0.493 e. The Kier molecular flexibility index (Phi) is 7.66. The Balaban J connectivity index is 2.67. The molecule has 1 aromatic carbocycles. The minimum Gasteiger partial charge on any atom is -0.493 e. The van der Waals surface area contributed by atoms with Gasteiger partial charge in [-0.1, -0.05) is 19.9 Å². The van der Waals surface area contributed by atoms with E-state index < -0.39 is 18.4 Å². The van der Waals surface area contributed by atoms with Gasteiger partial charge in [0, 0.05) is 6.08 Å². The van der Waals surface area contributed by atoms with Crippen LogP contribution in [0.4, 0.5) is 0 Å². The van der Waals surface area contributed by atoms with Gasteiger partial charge in [0.25, 0.3) is 0 Å². The Morgan fingerprint density at radius 3 is 2.65 bits per heavy atom. The maximum absolute atomic E-state index is 11.4. The third kappa shape index (κ3) is 7.35. The van der Waals surface area contributed by atoms with Gasteiger partial charge in [0.2, 0.25) is 5.91 Å². The molecule has 2 N–H and O–H groups in total. The van der Waals surface area contributed by atoms with Crippen LogP contribution in [0.5, 0.6) is 11.5 Å². The van der Waals surface area contributed by atoms with Gasteiger partial charge in [-0.3, -0.25) is 9.59 Å². The first kappa shape index (κ1) is 18.5. The molecule has 0 radical (unpaired) electrons. The van der Waals surface area contributed by atoms with Gasteiger partial charge in [0.15, 0.2) is 11.5 Å². The van der Waals surface area contributed by atoms with Crippen LogP contribution in [0.3, 0.4) is 0 Å². The summed E-state index contributed by atoms with van der Waals surface area (Å²) in [4.78, 5) is 21.8. The monoisotopic (exact) mass is 321 g/mol. The number of hydrogen-bond donors (Lipinski definition) is 2. The van der Waals surface area contributed by atoms with Crippen molar-refractivity contribution in [2.75, 3.05) is 20.3 Å². The summed E-state index contributed by atoms with van der Waals surface area (Å²) in [5.41, 5.74) is 0.753. The van der Waals surface area contributed by atoms with E-state index in [0.29, 0.717) is 24.0 Å². The highest BCUT2D eigenvalue weighted by Gasteiger charge is 2.06. The lowest BCUT2D eigenvalue weighted by molar-refractivity contribution is -0.137. The van der Waals surface area contributed by atoms with E-state index in [4.69, 9.17) is 14.6 Å². The highest BCUT2D eigenvalue weighted by Crippen LogP contribution is 2.28. The number of carbonyl (C=O) groups excluding carboxylic acids is 1. The van der Waals surface area contributed by atoms with Crippen molar-refractivity contribution in [2.45, 2.75) is 20.3 Å². The van der Waals surface area contributed by atoms with Crippen molar-refractivity contribution in [3.63, 3.8) is 0 Å². The molecule has 0 heterocycles. The number of aliphatic carboxylic acids is 1. The first-order chi connectivity index (χ1) is 10.9. The lowest BCUT2D eigenvalue weighted by Crippen LogP contribution is -2.27. The van der Waals surface area contributed by atoms with Crippen LogP contribution in [-0.4, -0.2) is 37.2 Å². The van der Waals surface area contributed by atoms with E-state index in [2.05, 4.69) is 19.2 Å². The van der Waals surface area contributed by atoms with E-state index >= 15 is 0 Å². The highest BCUT2D eigenvalue weighted by atomic mass is 16.5. The van der Waals surface area contributed by atoms with Gasteiger partial charge in [-0.15, -0.1) is 0 Å². The molecule has 1 amide bonds. The normalized spacial score (nSPS) is 10.8. The van der Waals surface area contributed by atoms with E-state index in [1.165, 1.54) is 6.08 Å². The van der Waals surface area contributed by atoms with Crippen LogP contribution in [0.2, 0.25) is 0 Å². The van der Waals surface area contributed by atoms with Crippen molar-refractivity contribution in [2.24, 2.45) is 5.92 Å². The van der Waals surface area contributed by atoms with Crippen molar-refractivity contribution in [1.29, 1.82) is 0 Å². The van der Waals surface area contributed by atoms with Crippen LogP contribution in [0.15, 0.2) is 24.3 Å². The number of methoxy groups -OCH3 is 1. The molecule has 0 aliphatic rings. The Morgan fingerprint density at radius 2 is 2.04 bits per heavy atom. The summed E-state index contributed by atoms with van der Waals surface area (Å²) in [7, 11) is 1.55. The molecule has 0 saturated heterocycles. The molecule has 0 aromatic heterocycles. The summed E-state index contributed by atoms with van der Waals surface area (Å²) in [6.45, 7) is 4.46. The third-order valence-electron chi connectivity index (χ3n) is 2.98. The van der Waals surface area contributed by atoms with E-state index in [0.717, 1.165) is 12.0 Å². The van der Waals surface area contributed by atoms with Crippen LogP contribution in [0, 0.1) is 5.92 Å². The van der Waals surface area contributed by atoms with Gasteiger partial charge >= 0.3 is 5.97 Å². The number of carboxylic acids is 1. The number of rotatable bonds is 9. The molecule has 6 heteroatoms. The highest BCUT2D eigenvalue weighted by molar-refractivity contribution is 5.93. The zero-order valence-electron chi connectivity index (χ0n) is 13.7. The number of amides is 1. The van der Waals surface area contributed by atoms with Gasteiger partial charge < -0.3 is 19.9 Å². The number of carboxylic acid groups (broad SMARTS) is 1. The molecule has 23 heavy (non-hydrogen) atoms. The van der Waals surface area contributed by atoms with E-state index in [1.54, 1.807) is 31.4 Å². The summed E-state index contributed by atoms with van der Waals surface area (Å²) in [5, 5.41) is 10.7. The van der Waals surface area contributed by atoms with Crippen molar-refractivity contribution in [1.82, 2.24) is 5.32 Å². The lowest BCUT2D eigenvalue weighted by Gasteiger charge is -2.12. The summed E-state index contributed by atoms with van der Waals surface area (Å²) in [6.07, 6.45) is 3.81. The summed E-state index contributed by atoms with van der Waals surface area (Å²) >= 11 is 0. The second kappa shape index (κ2) is 9.50. The Hall–Kier alpha value is -2.50. The van der Waals surface area contributed by atoms with Crippen LogP contribution in [-0.2, 0) is 9.59 Å². The zero-order valence-corrected chi connectivity index (χ0v) is 13.7. The minimum absolute atomic E-state index is 0.408. The topological polar surface area (TPSA) is 84.9 Å². The minimum atomic E-state index is -1.09. The lowest BCUT2D eigenvalue weighted by atomic mass is 10.1. The van der Waals surface area contributed by atoms with Gasteiger partial charge in [-0.25, -0.2) is 0 Å². The smallest absolute Gasteiger partial charge is 0.322 e. The van der Waals surface area contributed by atoms with Crippen molar-refractivity contribution in [3.8, 4) is 11.5 Å². The standard InChI is InChI=1S/C17H23NO5/c1-12(2)8-9-23-14-6-4-13(10-15(14)22-3)5-7-16(19)18-11-17(20)21/h4-7,10,12H,8-9,11H2,1-3H3,(H,18,19)(H,20,21)/b7-5+. The average molecular weight is 321 g/mol. The first-order valence-corrected chi connectivity index (χ1v) is 7.41. The van der Waals surface area contributed by atoms with Gasteiger partial charge in [0.1, 0.15) is 6.54 Å². The van der Waals surface area contributed by atoms with Crippen LogP contribution >= 0.6 is 0 Å². The Labute approximate surface area is 136 Å². The maximum Gasteiger partial charge on any atom is 0.322 e. The number of ether oxygens (including phenoxy) is 2. The molecule has 0 unspecified atom stereocenters. The molecule has 0 spiro atoms. The third-order valence-corrected chi connectivity index (χ3v) is 2.98. The fourth-order valence-corrected chi connectivity index (χ4v) is 1.71. The first-order valence-electron chi connectivity index (χ1n) is 7.41. The zero-order chi connectivity index (χ0) is 17.2. The van der Waals surface area contributed by atoms with E-state index in [9.17, 15) is 9.59 Å². The second-order valence-electron chi connectivity index (χ2n) is 5.39. The molecule has 0 fully saturated rings.